The number of carbonyl (C=O) groups excluding carboxylic acids is 2. The zero-order chi connectivity index (χ0) is 17.8. The van der Waals surface area contributed by atoms with Crippen LogP contribution in [0.25, 0.3) is 10.9 Å². The zero-order valence-electron chi connectivity index (χ0n) is 14.2. The highest BCUT2D eigenvalue weighted by molar-refractivity contribution is 5.98. The number of aromatic amines is 1. The van der Waals surface area contributed by atoms with Gasteiger partial charge in [0.05, 0.1) is 19.6 Å². The van der Waals surface area contributed by atoms with Gasteiger partial charge < -0.3 is 15.0 Å². The van der Waals surface area contributed by atoms with E-state index in [0.29, 0.717) is 5.69 Å². The molecule has 3 rings (SSSR count). The summed E-state index contributed by atoms with van der Waals surface area (Å²) in [6.45, 7) is 2.01. The number of methoxy groups -OCH3 is 1. The highest BCUT2D eigenvalue weighted by atomic mass is 16.5. The molecule has 25 heavy (non-hydrogen) atoms. The van der Waals surface area contributed by atoms with Gasteiger partial charge in [0.25, 0.3) is 5.91 Å². The summed E-state index contributed by atoms with van der Waals surface area (Å²) < 4.78 is 4.75. The van der Waals surface area contributed by atoms with Crippen LogP contribution in [0.5, 0.6) is 0 Å². The smallest absolute Gasteiger partial charge is 0.307 e. The molecule has 0 aliphatic carbocycles. The van der Waals surface area contributed by atoms with Crippen molar-refractivity contribution < 1.29 is 14.3 Å². The maximum atomic E-state index is 12.7. The third kappa shape index (κ3) is 3.88. The van der Waals surface area contributed by atoms with Crippen LogP contribution in [0.1, 0.15) is 34.1 Å². The molecule has 5 heteroatoms. The third-order valence-electron chi connectivity index (χ3n) is 4.13. The fourth-order valence-electron chi connectivity index (χ4n) is 2.80. The second kappa shape index (κ2) is 7.21. The van der Waals surface area contributed by atoms with E-state index in [4.69, 9.17) is 4.74 Å². The molecule has 5 nitrogen and oxygen atoms in total. The van der Waals surface area contributed by atoms with E-state index in [-0.39, 0.29) is 18.3 Å². The predicted octanol–water partition coefficient (Wildman–Crippen LogP) is 3.51. The fraction of sp³-hybridized carbons (Fsp3) is 0.200. The average Bonchev–Trinajstić information content (AvgIpc) is 3.05. The quantitative estimate of drug-likeness (QED) is 0.700. The molecule has 0 aliphatic rings. The molecular formula is C20H20N2O3. The van der Waals surface area contributed by atoms with Crippen molar-refractivity contribution in [1.29, 1.82) is 0 Å². The lowest BCUT2D eigenvalue weighted by Crippen LogP contribution is -2.30. The van der Waals surface area contributed by atoms with Gasteiger partial charge in [0.1, 0.15) is 5.69 Å². The van der Waals surface area contributed by atoms with Gasteiger partial charge in [0.15, 0.2) is 0 Å². The van der Waals surface area contributed by atoms with E-state index in [0.717, 1.165) is 22.0 Å². The number of ether oxygens (including phenoxy) is 1. The third-order valence-corrected chi connectivity index (χ3v) is 4.13. The van der Waals surface area contributed by atoms with Crippen molar-refractivity contribution in [3.63, 3.8) is 0 Å². The molecule has 1 atom stereocenters. The minimum Gasteiger partial charge on any atom is -0.469 e. The van der Waals surface area contributed by atoms with Gasteiger partial charge in [-0.15, -0.1) is 0 Å². The Morgan fingerprint density at radius 1 is 1.12 bits per heavy atom. The summed E-state index contributed by atoms with van der Waals surface area (Å²) >= 11 is 0. The summed E-state index contributed by atoms with van der Waals surface area (Å²) in [5.74, 6) is -0.631. The zero-order valence-corrected chi connectivity index (χ0v) is 14.2. The largest absolute Gasteiger partial charge is 0.469 e. The van der Waals surface area contributed by atoms with Crippen LogP contribution in [0.4, 0.5) is 0 Å². The van der Waals surface area contributed by atoms with E-state index in [9.17, 15) is 9.59 Å². The molecule has 0 saturated carbocycles. The minimum absolute atomic E-state index is 0.0750. The number of H-pyrrole nitrogens is 1. The van der Waals surface area contributed by atoms with E-state index >= 15 is 0 Å². The van der Waals surface area contributed by atoms with Gasteiger partial charge in [-0.25, -0.2) is 0 Å². The standard InChI is InChI=1S/C20H20N2O3/c1-13-8-9-16-15(10-13)11-18(21-16)20(24)22-17(12-19(23)25-2)14-6-4-3-5-7-14/h3-11,17,21H,12H2,1-2H3,(H,22,24). The maximum absolute atomic E-state index is 12.7. The SMILES string of the molecule is COC(=O)CC(NC(=O)c1cc2cc(C)ccc2[nH]1)c1ccccc1. The molecule has 1 aromatic heterocycles. The van der Waals surface area contributed by atoms with Crippen LogP contribution in [0.3, 0.4) is 0 Å². The van der Waals surface area contributed by atoms with Gasteiger partial charge in [-0.2, -0.15) is 0 Å². The number of hydrogen-bond acceptors (Lipinski definition) is 3. The lowest BCUT2D eigenvalue weighted by Gasteiger charge is -2.17. The molecule has 1 amide bonds. The van der Waals surface area contributed by atoms with Crippen LogP contribution in [0.2, 0.25) is 0 Å². The number of nitrogens with one attached hydrogen (secondary N) is 2. The molecule has 0 saturated heterocycles. The number of carbonyl (C=O) groups is 2. The summed E-state index contributed by atoms with van der Waals surface area (Å²) in [6, 6.07) is 16.7. The Hall–Kier alpha value is -3.08. The molecule has 0 aliphatic heterocycles. The molecule has 0 radical (unpaired) electrons. The van der Waals surface area contributed by atoms with Gasteiger partial charge >= 0.3 is 5.97 Å². The molecule has 1 heterocycles. The predicted molar refractivity (Wildman–Crippen MR) is 96.3 cm³/mol. The van der Waals surface area contributed by atoms with Gasteiger partial charge in [0.2, 0.25) is 0 Å². The Morgan fingerprint density at radius 3 is 2.60 bits per heavy atom. The van der Waals surface area contributed by atoms with Gasteiger partial charge in [-0.05, 0) is 30.7 Å². The van der Waals surface area contributed by atoms with Crippen LogP contribution in [-0.4, -0.2) is 24.0 Å². The van der Waals surface area contributed by atoms with E-state index < -0.39 is 6.04 Å². The Bertz CT molecular complexity index is 900. The Balaban J connectivity index is 1.84. The molecule has 0 bridgehead atoms. The van der Waals surface area contributed by atoms with E-state index in [1.807, 2.05) is 61.5 Å². The van der Waals surface area contributed by atoms with Crippen LogP contribution in [0, 0.1) is 6.92 Å². The first-order valence-electron chi connectivity index (χ1n) is 8.09. The monoisotopic (exact) mass is 336 g/mol. The minimum atomic E-state index is -0.450. The van der Waals surface area contributed by atoms with Crippen molar-refractivity contribution in [3.8, 4) is 0 Å². The van der Waals surface area contributed by atoms with Crippen molar-refractivity contribution >= 4 is 22.8 Å². The van der Waals surface area contributed by atoms with Crippen molar-refractivity contribution in [2.75, 3.05) is 7.11 Å². The summed E-state index contributed by atoms with van der Waals surface area (Å²) in [5, 5.41) is 3.90. The second-order valence-corrected chi connectivity index (χ2v) is 5.99. The lowest BCUT2D eigenvalue weighted by atomic mass is 10.0. The Morgan fingerprint density at radius 2 is 1.88 bits per heavy atom. The molecule has 3 aromatic rings. The average molecular weight is 336 g/mol. The van der Waals surface area contributed by atoms with Crippen LogP contribution in [-0.2, 0) is 9.53 Å². The summed E-state index contributed by atoms with van der Waals surface area (Å²) in [5.41, 5.74) is 3.35. The Kier molecular flexibility index (Phi) is 4.84. The first-order chi connectivity index (χ1) is 12.1. The van der Waals surface area contributed by atoms with Crippen LogP contribution in [0.15, 0.2) is 54.6 Å². The summed E-state index contributed by atoms with van der Waals surface area (Å²) in [4.78, 5) is 27.5. The maximum Gasteiger partial charge on any atom is 0.307 e. The number of amides is 1. The van der Waals surface area contributed by atoms with E-state index in [1.165, 1.54) is 7.11 Å². The summed E-state index contributed by atoms with van der Waals surface area (Å²) in [6.07, 6.45) is 0.0750. The van der Waals surface area contributed by atoms with Crippen molar-refractivity contribution in [1.82, 2.24) is 10.3 Å². The molecule has 1 unspecified atom stereocenters. The number of fused-ring (bicyclic) bond motifs is 1. The van der Waals surface area contributed by atoms with Crippen molar-refractivity contribution in [3.05, 3.63) is 71.4 Å². The number of rotatable bonds is 5. The number of aromatic nitrogens is 1. The molecule has 0 fully saturated rings. The molecule has 0 spiro atoms. The number of hydrogen-bond donors (Lipinski definition) is 2. The molecular weight excluding hydrogens is 316 g/mol. The number of aryl methyl sites for hydroxylation is 1. The van der Waals surface area contributed by atoms with E-state index in [1.54, 1.807) is 0 Å². The molecule has 128 valence electrons. The first kappa shape index (κ1) is 16.8. The lowest BCUT2D eigenvalue weighted by molar-refractivity contribution is -0.141. The van der Waals surface area contributed by atoms with Gasteiger partial charge in [-0.3, -0.25) is 9.59 Å². The van der Waals surface area contributed by atoms with Crippen LogP contribution < -0.4 is 5.32 Å². The second-order valence-electron chi connectivity index (χ2n) is 5.99. The van der Waals surface area contributed by atoms with Gasteiger partial charge in [-0.1, -0.05) is 42.0 Å². The van der Waals surface area contributed by atoms with E-state index in [2.05, 4.69) is 10.3 Å². The van der Waals surface area contributed by atoms with Crippen molar-refractivity contribution in [2.45, 2.75) is 19.4 Å². The fourth-order valence-corrected chi connectivity index (χ4v) is 2.80. The highest BCUT2D eigenvalue weighted by Gasteiger charge is 2.20. The molecule has 2 aromatic carbocycles. The van der Waals surface area contributed by atoms with Gasteiger partial charge in [0, 0.05) is 10.9 Å². The topological polar surface area (TPSA) is 71.2 Å². The number of benzene rings is 2. The molecule has 2 N–H and O–H groups in total. The van der Waals surface area contributed by atoms with Crippen molar-refractivity contribution in [2.24, 2.45) is 0 Å². The first-order valence-corrected chi connectivity index (χ1v) is 8.09. The van der Waals surface area contributed by atoms with Crippen LogP contribution >= 0.6 is 0 Å². The highest BCUT2D eigenvalue weighted by Crippen LogP contribution is 2.20. The Labute approximate surface area is 146 Å². The summed E-state index contributed by atoms with van der Waals surface area (Å²) in [7, 11) is 1.34. The normalized spacial score (nSPS) is 11.9. The number of esters is 1.